The molecule has 0 bridgehead atoms. The third-order valence-corrected chi connectivity index (χ3v) is 2.54. The molecule has 2 N–H and O–H groups in total. The van der Waals surface area contributed by atoms with Crippen LogP contribution >= 0.6 is 0 Å². The van der Waals surface area contributed by atoms with Crippen LogP contribution in [0.2, 0.25) is 0 Å². The fourth-order valence-electron chi connectivity index (χ4n) is 1.55. The minimum absolute atomic E-state index is 0.126. The van der Waals surface area contributed by atoms with E-state index >= 15 is 0 Å². The summed E-state index contributed by atoms with van der Waals surface area (Å²) in [5.41, 5.74) is 6.29. The standard InChI is InChI=1S/C14H12FN3O/c1-9(17)13-6-5-10(8-18-13)19-14-4-2-3-12(15)11(14)7-16/h2-6,8-9H,17H2,1H3/t9-/m1/s1. The highest BCUT2D eigenvalue weighted by molar-refractivity contribution is 5.45. The number of halogens is 1. The summed E-state index contributed by atoms with van der Waals surface area (Å²) in [7, 11) is 0. The zero-order valence-electron chi connectivity index (χ0n) is 10.3. The molecule has 4 nitrogen and oxygen atoms in total. The zero-order valence-corrected chi connectivity index (χ0v) is 10.3. The molecule has 2 rings (SSSR count). The van der Waals surface area contributed by atoms with Crippen molar-refractivity contribution in [3.63, 3.8) is 0 Å². The first-order valence-corrected chi connectivity index (χ1v) is 5.70. The summed E-state index contributed by atoms with van der Waals surface area (Å²) < 4.78 is 18.8. The number of nitrogens with zero attached hydrogens (tertiary/aromatic N) is 2. The van der Waals surface area contributed by atoms with Crippen LogP contribution in [0.15, 0.2) is 36.5 Å². The van der Waals surface area contributed by atoms with Crippen molar-refractivity contribution in [3.05, 3.63) is 53.6 Å². The minimum atomic E-state index is -0.611. The summed E-state index contributed by atoms with van der Waals surface area (Å²) >= 11 is 0. The van der Waals surface area contributed by atoms with Gasteiger partial charge in [-0.1, -0.05) is 6.07 Å². The number of nitriles is 1. The summed E-state index contributed by atoms with van der Waals surface area (Å²) in [5, 5.41) is 8.89. The Balaban J connectivity index is 2.27. The Morgan fingerprint density at radius 3 is 2.74 bits per heavy atom. The SMILES string of the molecule is C[C@@H](N)c1ccc(Oc2cccc(F)c2C#N)cn1. The van der Waals surface area contributed by atoms with Gasteiger partial charge < -0.3 is 10.5 Å². The normalized spacial score (nSPS) is 11.7. The second-order valence-corrected chi connectivity index (χ2v) is 4.03. The van der Waals surface area contributed by atoms with Crippen LogP contribution in [0.4, 0.5) is 4.39 Å². The molecule has 19 heavy (non-hydrogen) atoms. The van der Waals surface area contributed by atoms with Crippen LogP contribution in [0, 0.1) is 17.1 Å². The van der Waals surface area contributed by atoms with Gasteiger partial charge in [0.2, 0.25) is 0 Å². The lowest BCUT2D eigenvalue weighted by atomic mass is 10.2. The first kappa shape index (κ1) is 13.0. The van der Waals surface area contributed by atoms with Gasteiger partial charge in [0.1, 0.15) is 28.9 Å². The molecule has 0 aliphatic heterocycles. The second-order valence-electron chi connectivity index (χ2n) is 4.03. The van der Waals surface area contributed by atoms with Gasteiger partial charge >= 0.3 is 0 Å². The lowest BCUT2D eigenvalue weighted by molar-refractivity contribution is 0.471. The molecule has 96 valence electrons. The highest BCUT2D eigenvalue weighted by Crippen LogP contribution is 2.26. The number of aromatic nitrogens is 1. The van der Waals surface area contributed by atoms with Crippen LogP contribution < -0.4 is 10.5 Å². The maximum Gasteiger partial charge on any atom is 0.148 e. The molecule has 1 heterocycles. The maximum absolute atomic E-state index is 13.4. The molecule has 0 saturated heterocycles. The van der Waals surface area contributed by atoms with Crippen molar-refractivity contribution in [2.24, 2.45) is 5.73 Å². The van der Waals surface area contributed by atoms with E-state index < -0.39 is 5.82 Å². The van der Waals surface area contributed by atoms with E-state index in [1.807, 2.05) is 6.92 Å². The molecule has 1 aromatic heterocycles. The number of hydrogen-bond acceptors (Lipinski definition) is 4. The molecule has 0 aliphatic rings. The minimum Gasteiger partial charge on any atom is -0.454 e. The van der Waals surface area contributed by atoms with Gasteiger partial charge in [0.15, 0.2) is 0 Å². The predicted molar refractivity (Wildman–Crippen MR) is 68.0 cm³/mol. The lowest BCUT2D eigenvalue weighted by Gasteiger charge is -2.09. The van der Waals surface area contributed by atoms with E-state index in [1.54, 1.807) is 18.2 Å². The average molecular weight is 257 g/mol. The van der Waals surface area contributed by atoms with Gasteiger partial charge in [-0.3, -0.25) is 4.98 Å². The zero-order chi connectivity index (χ0) is 13.8. The summed E-state index contributed by atoms with van der Waals surface area (Å²) in [5.74, 6) is -0.0236. The van der Waals surface area contributed by atoms with E-state index in [4.69, 9.17) is 15.7 Å². The number of pyridine rings is 1. The third-order valence-electron chi connectivity index (χ3n) is 2.54. The van der Waals surface area contributed by atoms with Crippen LogP contribution in [0.3, 0.4) is 0 Å². The van der Waals surface area contributed by atoms with Crippen LogP contribution in [0.1, 0.15) is 24.2 Å². The smallest absolute Gasteiger partial charge is 0.148 e. The van der Waals surface area contributed by atoms with Gasteiger partial charge in [-0.2, -0.15) is 5.26 Å². The van der Waals surface area contributed by atoms with Crippen molar-refractivity contribution in [3.8, 4) is 17.6 Å². The van der Waals surface area contributed by atoms with Crippen LogP contribution in [0.25, 0.3) is 0 Å². The van der Waals surface area contributed by atoms with E-state index in [2.05, 4.69) is 4.98 Å². The van der Waals surface area contributed by atoms with Crippen LogP contribution in [-0.4, -0.2) is 4.98 Å². The topological polar surface area (TPSA) is 71.9 Å². The molecule has 0 saturated carbocycles. The van der Waals surface area contributed by atoms with E-state index in [9.17, 15) is 4.39 Å². The van der Waals surface area contributed by atoms with Gasteiger partial charge in [-0.05, 0) is 31.2 Å². The molecule has 0 unspecified atom stereocenters. The Kier molecular flexibility index (Phi) is 3.74. The number of nitrogens with two attached hydrogens (primary N) is 1. The van der Waals surface area contributed by atoms with Crippen molar-refractivity contribution in [1.29, 1.82) is 5.26 Å². The van der Waals surface area contributed by atoms with Gasteiger partial charge in [0.25, 0.3) is 0 Å². The molecule has 0 radical (unpaired) electrons. The molecule has 0 fully saturated rings. The van der Waals surface area contributed by atoms with Crippen molar-refractivity contribution in [2.45, 2.75) is 13.0 Å². The number of ether oxygens (including phenoxy) is 1. The summed E-state index contributed by atoms with van der Waals surface area (Å²) in [6, 6.07) is 9.23. The quantitative estimate of drug-likeness (QED) is 0.917. The second kappa shape index (κ2) is 5.46. The molecule has 1 atom stereocenters. The van der Waals surface area contributed by atoms with Gasteiger partial charge in [-0.15, -0.1) is 0 Å². The highest BCUT2D eigenvalue weighted by Gasteiger charge is 2.10. The fourth-order valence-corrected chi connectivity index (χ4v) is 1.55. The van der Waals surface area contributed by atoms with E-state index in [-0.39, 0.29) is 17.4 Å². The Morgan fingerprint density at radius 2 is 2.16 bits per heavy atom. The average Bonchev–Trinajstić information content (AvgIpc) is 2.39. The lowest BCUT2D eigenvalue weighted by Crippen LogP contribution is -2.06. The van der Waals surface area contributed by atoms with E-state index in [1.165, 1.54) is 24.4 Å². The van der Waals surface area contributed by atoms with Crippen molar-refractivity contribution in [1.82, 2.24) is 4.98 Å². The number of benzene rings is 1. The number of hydrogen-bond donors (Lipinski definition) is 1. The molecular weight excluding hydrogens is 245 g/mol. The monoisotopic (exact) mass is 257 g/mol. The number of rotatable bonds is 3. The Hall–Kier alpha value is -2.45. The van der Waals surface area contributed by atoms with Crippen LogP contribution in [0.5, 0.6) is 11.5 Å². The molecule has 2 aromatic rings. The largest absolute Gasteiger partial charge is 0.454 e. The van der Waals surface area contributed by atoms with Crippen molar-refractivity contribution in [2.75, 3.05) is 0 Å². The predicted octanol–water partition coefficient (Wildman–Crippen LogP) is 2.90. The molecule has 0 amide bonds. The molecule has 5 heteroatoms. The summed E-state index contributed by atoms with van der Waals surface area (Å²) in [4.78, 5) is 4.13. The van der Waals surface area contributed by atoms with E-state index in [0.717, 1.165) is 5.69 Å². The summed E-state index contributed by atoms with van der Waals surface area (Å²) in [6.07, 6.45) is 1.49. The highest BCUT2D eigenvalue weighted by atomic mass is 19.1. The first-order valence-electron chi connectivity index (χ1n) is 5.70. The van der Waals surface area contributed by atoms with Gasteiger partial charge in [-0.25, -0.2) is 4.39 Å². The Bertz CT molecular complexity index is 618. The summed E-state index contributed by atoms with van der Waals surface area (Å²) in [6.45, 7) is 1.82. The van der Waals surface area contributed by atoms with Gasteiger partial charge in [0, 0.05) is 6.04 Å². The van der Waals surface area contributed by atoms with Crippen LogP contribution in [-0.2, 0) is 0 Å². The first-order chi connectivity index (χ1) is 9.11. The maximum atomic E-state index is 13.4. The fraction of sp³-hybridized carbons (Fsp3) is 0.143. The third kappa shape index (κ3) is 2.87. The Labute approximate surface area is 110 Å². The molecule has 0 aliphatic carbocycles. The van der Waals surface area contributed by atoms with Gasteiger partial charge in [0.05, 0.1) is 11.9 Å². The van der Waals surface area contributed by atoms with Crippen molar-refractivity contribution >= 4 is 0 Å². The molecular formula is C14H12FN3O. The van der Waals surface area contributed by atoms with E-state index in [0.29, 0.717) is 5.75 Å². The Morgan fingerprint density at radius 1 is 1.37 bits per heavy atom. The van der Waals surface area contributed by atoms with Crippen molar-refractivity contribution < 1.29 is 9.13 Å². The molecule has 1 aromatic carbocycles. The molecule has 0 spiro atoms.